The van der Waals surface area contributed by atoms with Crippen LogP contribution in [0.5, 0.6) is 5.75 Å². The third kappa shape index (κ3) is 3.68. The minimum Gasteiger partial charge on any atom is -0.497 e. The average molecular weight is 424 g/mol. The lowest BCUT2D eigenvalue weighted by Crippen LogP contribution is -2.25. The van der Waals surface area contributed by atoms with Gasteiger partial charge in [-0.15, -0.1) is 10.2 Å². The first kappa shape index (κ1) is 20.1. The topological polar surface area (TPSA) is 81.4 Å². The number of nitrogens with one attached hydrogen (secondary N) is 1. The molecular weight excluding hydrogens is 402 g/mol. The van der Waals surface area contributed by atoms with Crippen molar-refractivity contribution in [3.63, 3.8) is 0 Å². The number of carbonyl (C=O) groups excluding carboxylic acids is 1. The van der Waals surface area contributed by atoms with Gasteiger partial charge in [-0.05, 0) is 44.2 Å². The molecule has 0 spiro atoms. The molecule has 3 aromatic rings. The van der Waals surface area contributed by atoms with Gasteiger partial charge in [0.05, 0.1) is 24.9 Å². The highest BCUT2D eigenvalue weighted by atomic mass is 35.5. The molecule has 2 heterocycles. The average Bonchev–Trinajstić information content (AvgIpc) is 3.06. The minimum absolute atomic E-state index is 0.0857. The van der Waals surface area contributed by atoms with E-state index >= 15 is 0 Å². The van der Waals surface area contributed by atoms with E-state index in [0.717, 1.165) is 28.4 Å². The van der Waals surface area contributed by atoms with E-state index in [1.54, 1.807) is 7.11 Å². The minimum atomic E-state index is -0.484. The quantitative estimate of drug-likeness (QED) is 0.679. The molecule has 1 unspecified atom stereocenters. The number of benzene rings is 2. The molecule has 1 aliphatic rings. The molecule has 154 valence electrons. The summed E-state index contributed by atoms with van der Waals surface area (Å²) in [4.78, 5) is 17.4. The molecule has 0 saturated heterocycles. The lowest BCUT2D eigenvalue weighted by molar-refractivity contribution is -0.121. The van der Waals surface area contributed by atoms with Crippen molar-refractivity contribution in [2.24, 2.45) is 4.99 Å². The van der Waals surface area contributed by atoms with E-state index in [1.165, 1.54) is 0 Å². The SMILES string of the molecule is CCNC(=O)CC1N=C(c2ccc(Cl)cc2)c2cc(OC)ccc2-n2c(C)nnc21. The summed E-state index contributed by atoms with van der Waals surface area (Å²) in [5, 5.41) is 12.1. The normalized spacial score (nSPS) is 14.9. The van der Waals surface area contributed by atoms with E-state index in [4.69, 9.17) is 21.3 Å². The molecule has 1 N–H and O–H groups in total. The van der Waals surface area contributed by atoms with Gasteiger partial charge >= 0.3 is 0 Å². The molecule has 1 amide bonds. The second kappa shape index (κ2) is 8.28. The predicted octanol–water partition coefficient (Wildman–Crippen LogP) is 3.66. The highest BCUT2D eigenvalue weighted by molar-refractivity contribution is 6.30. The molecule has 0 aliphatic carbocycles. The lowest BCUT2D eigenvalue weighted by Gasteiger charge is -2.14. The summed E-state index contributed by atoms with van der Waals surface area (Å²) in [7, 11) is 1.63. The molecule has 1 aromatic heterocycles. The van der Waals surface area contributed by atoms with Gasteiger partial charge in [0, 0.05) is 22.7 Å². The summed E-state index contributed by atoms with van der Waals surface area (Å²) in [6.45, 7) is 4.34. The van der Waals surface area contributed by atoms with Crippen molar-refractivity contribution in [2.75, 3.05) is 13.7 Å². The molecule has 7 nitrogen and oxygen atoms in total. The maximum Gasteiger partial charge on any atom is 0.222 e. The number of carbonyl (C=O) groups is 1. The summed E-state index contributed by atoms with van der Waals surface area (Å²) >= 11 is 6.10. The standard InChI is InChI=1S/C22H22ClN5O2/c1-4-24-20(29)12-18-22-27-26-13(2)28(22)19-10-9-16(30-3)11-17(19)21(25-18)14-5-7-15(23)8-6-14/h5-11,18H,4,12H2,1-3H3,(H,24,29). The van der Waals surface area contributed by atoms with Gasteiger partial charge in [-0.2, -0.15) is 0 Å². The van der Waals surface area contributed by atoms with Gasteiger partial charge in [-0.25, -0.2) is 0 Å². The van der Waals surface area contributed by atoms with Gasteiger partial charge in [0.2, 0.25) is 5.91 Å². The van der Waals surface area contributed by atoms with Crippen LogP contribution in [0.25, 0.3) is 5.69 Å². The first-order valence-electron chi connectivity index (χ1n) is 9.73. The van der Waals surface area contributed by atoms with Crippen molar-refractivity contribution in [1.29, 1.82) is 0 Å². The van der Waals surface area contributed by atoms with Crippen LogP contribution in [-0.2, 0) is 4.79 Å². The molecule has 1 atom stereocenters. The Bertz CT molecular complexity index is 1120. The molecule has 1 aliphatic heterocycles. The van der Waals surface area contributed by atoms with E-state index in [9.17, 15) is 4.79 Å². The van der Waals surface area contributed by atoms with E-state index < -0.39 is 6.04 Å². The molecule has 30 heavy (non-hydrogen) atoms. The number of halogens is 1. The number of aromatic nitrogens is 3. The largest absolute Gasteiger partial charge is 0.497 e. The smallest absolute Gasteiger partial charge is 0.222 e. The highest BCUT2D eigenvalue weighted by Gasteiger charge is 2.29. The zero-order valence-electron chi connectivity index (χ0n) is 17.0. The van der Waals surface area contributed by atoms with Crippen molar-refractivity contribution < 1.29 is 9.53 Å². The summed E-state index contributed by atoms with van der Waals surface area (Å²) in [6, 6.07) is 12.8. The summed E-state index contributed by atoms with van der Waals surface area (Å²) < 4.78 is 7.43. The van der Waals surface area contributed by atoms with E-state index in [-0.39, 0.29) is 12.3 Å². The van der Waals surface area contributed by atoms with E-state index in [2.05, 4.69) is 15.5 Å². The van der Waals surface area contributed by atoms with Crippen LogP contribution in [0.1, 0.15) is 42.2 Å². The Hall–Kier alpha value is -3.19. The Kier molecular flexibility index (Phi) is 5.55. The van der Waals surface area contributed by atoms with Crippen molar-refractivity contribution >= 4 is 23.2 Å². The second-order valence-electron chi connectivity index (χ2n) is 6.98. The van der Waals surface area contributed by atoms with Crippen LogP contribution in [0.15, 0.2) is 47.5 Å². The zero-order valence-corrected chi connectivity index (χ0v) is 17.8. The monoisotopic (exact) mass is 423 g/mol. The first-order valence-corrected chi connectivity index (χ1v) is 10.1. The summed E-state index contributed by atoms with van der Waals surface area (Å²) in [5.41, 5.74) is 3.41. The van der Waals surface area contributed by atoms with Gasteiger partial charge in [0.1, 0.15) is 17.6 Å². The Labute approximate surface area is 179 Å². The number of aryl methyl sites for hydroxylation is 1. The van der Waals surface area contributed by atoms with Crippen LogP contribution in [0, 0.1) is 6.92 Å². The fourth-order valence-corrected chi connectivity index (χ4v) is 3.75. The molecule has 0 fully saturated rings. The van der Waals surface area contributed by atoms with Crippen LogP contribution in [0.4, 0.5) is 0 Å². The number of nitrogens with zero attached hydrogens (tertiary/aromatic N) is 4. The van der Waals surface area contributed by atoms with Crippen molar-refractivity contribution in [3.05, 3.63) is 70.3 Å². The Morgan fingerprint density at radius 2 is 1.97 bits per heavy atom. The molecular formula is C22H22ClN5O2. The predicted molar refractivity (Wildman–Crippen MR) is 116 cm³/mol. The fraction of sp³-hybridized carbons (Fsp3) is 0.273. The highest BCUT2D eigenvalue weighted by Crippen LogP contribution is 2.34. The molecule has 0 saturated carbocycles. The van der Waals surface area contributed by atoms with Crippen LogP contribution >= 0.6 is 11.6 Å². The maximum atomic E-state index is 12.4. The lowest BCUT2D eigenvalue weighted by atomic mass is 10.00. The van der Waals surface area contributed by atoms with Crippen LogP contribution in [0.3, 0.4) is 0 Å². The Morgan fingerprint density at radius 1 is 1.20 bits per heavy atom. The summed E-state index contributed by atoms with van der Waals surface area (Å²) in [5.74, 6) is 1.99. The van der Waals surface area contributed by atoms with Crippen molar-refractivity contribution in [3.8, 4) is 11.4 Å². The molecule has 8 heteroatoms. The van der Waals surface area contributed by atoms with E-state index in [1.807, 2.05) is 60.9 Å². The van der Waals surface area contributed by atoms with Gasteiger partial charge < -0.3 is 10.1 Å². The van der Waals surface area contributed by atoms with Crippen molar-refractivity contribution in [2.45, 2.75) is 26.3 Å². The van der Waals surface area contributed by atoms with Gasteiger partial charge in [-0.3, -0.25) is 14.4 Å². The van der Waals surface area contributed by atoms with Crippen LogP contribution < -0.4 is 10.1 Å². The van der Waals surface area contributed by atoms with E-state index in [0.29, 0.717) is 23.1 Å². The maximum absolute atomic E-state index is 12.4. The molecule has 2 aromatic carbocycles. The number of aliphatic imine (C=N–C) groups is 1. The van der Waals surface area contributed by atoms with Gasteiger partial charge in [0.15, 0.2) is 5.82 Å². The Morgan fingerprint density at radius 3 is 2.67 bits per heavy atom. The fourth-order valence-electron chi connectivity index (χ4n) is 3.62. The molecule has 4 rings (SSSR count). The number of rotatable bonds is 5. The zero-order chi connectivity index (χ0) is 21.3. The van der Waals surface area contributed by atoms with Crippen LogP contribution in [-0.4, -0.2) is 40.0 Å². The van der Waals surface area contributed by atoms with Gasteiger partial charge in [0.25, 0.3) is 0 Å². The van der Waals surface area contributed by atoms with Crippen LogP contribution in [0.2, 0.25) is 5.02 Å². The number of hydrogen-bond acceptors (Lipinski definition) is 5. The van der Waals surface area contributed by atoms with Crippen molar-refractivity contribution in [1.82, 2.24) is 20.1 Å². The number of ether oxygens (including phenoxy) is 1. The first-order chi connectivity index (χ1) is 14.5. The number of methoxy groups -OCH3 is 1. The molecule has 0 bridgehead atoms. The number of fused-ring (bicyclic) bond motifs is 3. The number of hydrogen-bond donors (Lipinski definition) is 1. The second-order valence-corrected chi connectivity index (χ2v) is 7.42. The summed E-state index contributed by atoms with van der Waals surface area (Å²) in [6.07, 6.45) is 0.175. The third-order valence-electron chi connectivity index (χ3n) is 5.00. The number of amides is 1. The Balaban J connectivity index is 1.96. The third-order valence-corrected chi connectivity index (χ3v) is 5.25. The van der Waals surface area contributed by atoms with Gasteiger partial charge in [-0.1, -0.05) is 23.7 Å². The molecule has 0 radical (unpaired) electrons.